The quantitative estimate of drug-likeness (QED) is 0.686. The Morgan fingerprint density at radius 2 is 2.28 bits per heavy atom. The first-order valence-electron chi connectivity index (χ1n) is 6.62. The molecule has 0 spiro atoms. The molecule has 2 N–H and O–H groups in total. The molecule has 0 radical (unpaired) electrons. The molecule has 0 atom stereocenters. The molecule has 1 rings (SSSR count). The molecule has 5 nitrogen and oxygen atoms in total. The molecule has 0 aromatic carbocycles. The van der Waals surface area contributed by atoms with Crippen LogP contribution in [0.2, 0.25) is 0 Å². The van der Waals surface area contributed by atoms with Gasteiger partial charge in [0.25, 0.3) is 0 Å². The van der Waals surface area contributed by atoms with Crippen LogP contribution in [0.4, 0.5) is 0 Å². The second-order valence-corrected chi connectivity index (χ2v) is 4.73. The molecule has 18 heavy (non-hydrogen) atoms. The number of carbonyl (C=O) groups excluding carboxylic acids is 1. The molecule has 0 saturated heterocycles. The number of imidazole rings is 1. The Labute approximate surface area is 109 Å². The van der Waals surface area contributed by atoms with Crippen molar-refractivity contribution in [1.82, 2.24) is 20.2 Å². The Kier molecular flexibility index (Phi) is 6.43. The van der Waals surface area contributed by atoms with Crippen LogP contribution in [0.15, 0.2) is 12.5 Å². The van der Waals surface area contributed by atoms with Crippen LogP contribution >= 0.6 is 0 Å². The summed E-state index contributed by atoms with van der Waals surface area (Å²) in [5.41, 5.74) is 1.13. The Bertz CT molecular complexity index is 360. The minimum absolute atomic E-state index is 0.0890. The summed E-state index contributed by atoms with van der Waals surface area (Å²) >= 11 is 0. The third-order valence-corrected chi connectivity index (χ3v) is 2.56. The molecule has 1 aromatic rings. The van der Waals surface area contributed by atoms with E-state index in [4.69, 9.17) is 0 Å². The Balaban J connectivity index is 2.37. The molecule has 1 aromatic heterocycles. The molecule has 0 bridgehead atoms. The van der Waals surface area contributed by atoms with Gasteiger partial charge in [0, 0.05) is 31.7 Å². The molecule has 0 aliphatic carbocycles. The van der Waals surface area contributed by atoms with Crippen molar-refractivity contribution in [3.8, 4) is 0 Å². The second-order valence-electron chi connectivity index (χ2n) is 4.73. The number of carbonyl (C=O) groups is 1. The molecule has 5 heteroatoms. The van der Waals surface area contributed by atoms with Crippen molar-refractivity contribution < 1.29 is 4.79 Å². The van der Waals surface area contributed by atoms with Crippen LogP contribution in [-0.2, 0) is 17.9 Å². The summed E-state index contributed by atoms with van der Waals surface area (Å²) in [5.74, 6) is 0.0890. The molecule has 1 amide bonds. The van der Waals surface area contributed by atoms with E-state index in [1.807, 2.05) is 24.6 Å². The van der Waals surface area contributed by atoms with Crippen LogP contribution < -0.4 is 10.6 Å². The lowest BCUT2D eigenvalue weighted by atomic mass is 10.3. The topological polar surface area (TPSA) is 59.0 Å². The average molecular weight is 252 g/mol. The highest BCUT2D eigenvalue weighted by Gasteiger charge is 2.06. The van der Waals surface area contributed by atoms with Gasteiger partial charge in [-0.25, -0.2) is 4.98 Å². The van der Waals surface area contributed by atoms with Crippen LogP contribution in [0.5, 0.6) is 0 Å². The SMILES string of the molecule is CCCNCc1cncn1CCC(=O)NC(C)C. The molecule has 0 aliphatic heterocycles. The lowest BCUT2D eigenvalue weighted by Crippen LogP contribution is -2.30. The molecule has 102 valence electrons. The van der Waals surface area contributed by atoms with Crippen molar-refractivity contribution in [3.63, 3.8) is 0 Å². The fraction of sp³-hybridized carbons (Fsp3) is 0.692. The van der Waals surface area contributed by atoms with E-state index in [9.17, 15) is 4.79 Å². The van der Waals surface area contributed by atoms with Crippen LogP contribution in [0.3, 0.4) is 0 Å². The van der Waals surface area contributed by atoms with Crippen molar-refractivity contribution in [3.05, 3.63) is 18.2 Å². The lowest BCUT2D eigenvalue weighted by Gasteiger charge is -2.10. The van der Waals surface area contributed by atoms with Gasteiger partial charge in [-0.1, -0.05) is 6.92 Å². The highest BCUT2D eigenvalue weighted by molar-refractivity contribution is 5.76. The number of aromatic nitrogens is 2. The van der Waals surface area contributed by atoms with E-state index in [-0.39, 0.29) is 11.9 Å². The van der Waals surface area contributed by atoms with Gasteiger partial charge in [0.1, 0.15) is 0 Å². The Hall–Kier alpha value is -1.36. The van der Waals surface area contributed by atoms with Gasteiger partial charge in [-0.3, -0.25) is 4.79 Å². The maximum absolute atomic E-state index is 11.6. The molecule has 0 aliphatic rings. The molecule has 0 unspecified atom stereocenters. The Morgan fingerprint density at radius 3 is 2.94 bits per heavy atom. The number of aryl methyl sites for hydroxylation is 1. The first kappa shape index (κ1) is 14.7. The number of nitrogens with one attached hydrogen (secondary N) is 2. The summed E-state index contributed by atoms with van der Waals surface area (Å²) in [6.45, 7) is 8.56. The number of hydrogen-bond acceptors (Lipinski definition) is 3. The number of amides is 1. The normalized spacial score (nSPS) is 10.9. The third kappa shape index (κ3) is 5.31. The first-order valence-corrected chi connectivity index (χ1v) is 6.62. The van der Waals surface area contributed by atoms with Crippen molar-refractivity contribution >= 4 is 5.91 Å². The zero-order valence-corrected chi connectivity index (χ0v) is 11.6. The fourth-order valence-corrected chi connectivity index (χ4v) is 1.71. The monoisotopic (exact) mass is 252 g/mol. The standard InChI is InChI=1S/C13H24N4O/c1-4-6-14-8-12-9-15-10-17(12)7-5-13(18)16-11(2)3/h9-11,14H,4-8H2,1-3H3,(H,16,18). The van der Waals surface area contributed by atoms with Crippen molar-refractivity contribution in [1.29, 1.82) is 0 Å². The highest BCUT2D eigenvalue weighted by Crippen LogP contribution is 2.01. The van der Waals surface area contributed by atoms with Crippen LogP contribution in [0.1, 0.15) is 39.3 Å². The molecule has 0 fully saturated rings. The summed E-state index contributed by atoms with van der Waals surface area (Å²) in [5, 5.41) is 6.22. The maximum Gasteiger partial charge on any atom is 0.221 e. The minimum Gasteiger partial charge on any atom is -0.354 e. The zero-order chi connectivity index (χ0) is 13.4. The number of hydrogen-bond donors (Lipinski definition) is 2. The van der Waals surface area contributed by atoms with Gasteiger partial charge in [0.15, 0.2) is 0 Å². The van der Waals surface area contributed by atoms with Crippen LogP contribution in [-0.4, -0.2) is 28.0 Å². The highest BCUT2D eigenvalue weighted by atomic mass is 16.1. The largest absolute Gasteiger partial charge is 0.354 e. The van der Waals surface area contributed by atoms with E-state index in [0.717, 1.165) is 25.2 Å². The van der Waals surface area contributed by atoms with Crippen molar-refractivity contribution in [2.45, 2.75) is 52.7 Å². The summed E-state index contributed by atoms with van der Waals surface area (Å²) in [4.78, 5) is 15.7. The van der Waals surface area contributed by atoms with E-state index in [0.29, 0.717) is 13.0 Å². The van der Waals surface area contributed by atoms with Crippen LogP contribution in [0.25, 0.3) is 0 Å². The van der Waals surface area contributed by atoms with Gasteiger partial charge in [-0.2, -0.15) is 0 Å². The summed E-state index contributed by atoms with van der Waals surface area (Å²) in [6.07, 6.45) is 5.24. The van der Waals surface area contributed by atoms with E-state index >= 15 is 0 Å². The van der Waals surface area contributed by atoms with Gasteiger partial charge in [0.05, 0.1) is 12.0 Å². The van der Waals surface area contributed by atoms with E-state index in [1.54, 1.807) is 6.33 Å². The number of nitrogens with zero attached hydrogens (tertiary/aromatic N) is 2. The summed E-state index contributed by atoms with van der Waals surface area (Å²) < 4.78 is 2.03. The molecular weight excluding hydrogens is 228 g/mol. The van der Waals surface area contributed by atoms with Gasteiger partial charge in [0.2, 0.25) is 5.91 Å². The predicted octanol–water partition coefficient (Wildman–Crippen LogP) is 1.30. The molecular formula is C13H24N4O. The van der Waals surface area contributed by atoms with Crippen molar-refractivity contribution in [2.75, 3.05) is 6.54 Å². The first-order chi connectivity index (χ1) is 8.63. The van der Waals surface area contributed by atoms with Gasteiger partial charge in [-0.15, -0.1) is 0 Å². The van der Waals surface area contributed by atoms with E-state index < -0.39 is 0 Å². The second kappa shape index (κ2) is 7.87. The maximum atomic E-state index is 11.6. The van der Waals surface area contributed by atoms with E-state index in [1.165, 1.54) is 0 Å². The summed E-state index contributed by atoms with van der Waals surface area (Å²) in [6, 6.07) is 0.200. The average Bonchev–Trinajstić information content (AvgIpc) is 2.73. The smallest absolute Gasteiger partial charge is 0.221 e. The van der Waals surface area contributed by atoms with Gasteiger partial charge >= 0.3 is 0 Å². The minimum atomic E-state index is 0.0890. The predicted molar refractivity (Wildman–Crippen MR) is 72.1 cm³/mol. The van der Waals surface area contributed by atoms with Crippen LogP contribution in [0, 0.1) is 0 Å². The molecule has 1 heterocycles. The zero-order valence-electron chi connectivity index (χ0n) is 11.6. The van der Waals surface area contributed by atoms with Crippen molar-refractivity contribution in [2.24, 2.45) is 0 Å². The Morgan fingerprint density at radius 1 is 1.50 bits per heavy atom. The number of rotatable bonds is 8. The molecule has 0 saturated carbocycles. The third-order valence-electron chi connectivity index (χ3n) is 2.56. The lowest BCUT2D eigenvalue weighted by molar-refractivity contribution is -0.121. The summed E-state index contributed by atoms with van der Waals surface area (Å²) in [7, 11) is 0. The van der Waals surface area contributed by atoms with E-state index in [2.05, 4.69) is 22.5 Å². The van der Waals surface area contributed by atoms with Gasteiger partial charge in [-0.05, 0) is 26.8 Å². The van der Waals surface area contributed by atoms with Gasteiger partial charge < -0.3 is 15.2 Å². The fourth-order valence-electron chi connectivity index (χ4n) is 1.71.